The molecule has 33 heavy (non-hydrogen) atoms. The molecule has 1 aromatic heterocycles. The molecule has 7 nitrogen and oxygen atoms in total. The third-order valence-corrected chi connectivity index (χ3v) is 8.32. The molecule has 1 aliphatic rings. The number of thioether (sulfide) groups is 1. The third-order valence-electron chi connectivity index (χ3n) is 5.55. The Kier molecular flexibility index (Phi) is 7.16. The monoisotopic (exact) mass is 488 g/mol. The summed E-state index contributed by atoms with van der Waals surface area (Å²) in [6.45, 7) is 3.01. The standard InChI is InChI=1S/C23H25FN4O3S2/c1-17-21(15-18-5-3-2-4-6-18)26-23(25-17)32-16-22(29)27-11-13-28(14-12-27)33(30,31)20-9-7-19(24)8-10-20/h2-10H,11-16H2,1H3,(H,25,26). The first-order valence-corrected chi connectivity index (χ1v) is 13.0. The van der Waals surface area contributed by atoms with E-state index in [9.17, 15) is 17.6 Å². The zero-order chi connectivity index (χ0) is 23.4. The lowest BCUT2D eigenvalue weighted by atomic mass is 10.1. The summed E-state index contributed by atoms with van der Waals surface area (Å²) in [6.07, 6.45) is 0.724. The number of aryl methyl sites for hydroxylation is 1. The van der Waals surface area contributed by atoms with Crippen molar-refractivity contribution in [2.24, 2.45) is 0 Å². The molecule has 1 saturated heterocycles. The Bertz CT molecular complexity index is 1210. The lowest BCUT2D eigenvalue weighted by Gasteiger charge is -2.34. The molecular weight excluding hydrogens is 463 g/mol. The number of carbonyl (C=O) groups excluding carboxylic acids is 1. The minimum Gasteiger partial charge on any atom is -0.339 e. The van der Waals surface area contributed by atoms with E-state index in [4.69, 9.17) is 0 Å². The number of hydrogen-bond acceptors (Lipinski definition) is 5. The molecule has 3 aromatic rings. The van der Waals surface area contributed by atoms with Crippen molar-refractivity contribution in [3.8, 4) is 0 Å². The van der Waals surface area contributed by atoms with Crippen molar-refractivity contribution in [3.05, 3.63) is 77.4 Å². The van der Waals surface area contributed by atoms with Crippen LogP contribution in [0.5, 0.6) is 0 Å². The number of H-pyrrole nitrogens is 1. The number of piperazine rings is 1. The fourth-order valence-corrected chi connectivity index (χ4v) is 5.92. The number of imidazole rings is 1. The first-order valence-electron chi connectivity index (χ1n) is 10.6. The van der Waals surface area contributed by atoms with Gasteiger partial charge in [0.05, 0.1) is 16.3 Å². The van der Waals surface area contributed by atoms with Gasteiger partial charge in [0.1, 0.15) is 5.82 Å². The van der Waals surface area contributed by atoms with Gasteiger partial charge in [-0.05, 0) is 36.8 Å². The summed E-state index contributed by atoms with van der Waals surface area (Å²) in [5, 5.41) is 0.698. The summed E-state index contributed by atoms with van der Waals surface area (Å²) >= 11 is 1.35. The van der Waals surface area contributed by atoms with Gasteiger partial charge < -0.3 is 9.88 Å². The maximum atomic E-state index is 13.1. The minimum absolute atomic E-state index is 0.0544. The number of aromatic amines is 1. The fraction of sp³-hybridized carbons (Fsp3) is 0.304. The molecule has 0 unspecified atom stereocenters. The Morgan fingerprint density at radius 2 is 1.73 bits per heavy atom. The summed E-state index contributed by atoms with van der Waals surface area (Å²) < 4.78 is 39.9. The summed E-state index contributed by atoms with van der Waals surface area (Å²) in [5.41, 5.74) is 3.11. The van der Waals surface area contributed by atoms with Gasteiger partial charge in [-0.25, -0.2) is 17.8 Å². The topological polar surface area (TPSA) is 86.4 Å². The average molecular weight is 489 g/mol. The Hall–Kier alpha value is -2.69. The first-order chi connectivity index (χ1) is 15.8. The largest absolute Gasteiger partial charge is 0.339 e. The maximum Gasteiger partial charge on any atom is 0.243 e. The van der Waals surface area contributed by atoms with Crippen molar-refractivity contribution in [3.63, 3.8) is 0 Å². The smallest absolute Gasteiger partial charge is 0.243 e. The van der Waals surface area contributed by atoms with Gasteiger partial charge in [0, 0.05) is 38.3 Å². The van der Waals surface area contributed by atoms with Gasteiger partial charge in [-0.3, -0.25) is 4.79 Å². The van der Waals surface area contributed by atoms with E-state index in [0.29, 0.717) is 18.2 Å². The lowest BCUT2D eigenvalue weighted by Crippen LogP contribution is -2.50. The highest BCUT2D eigenvalue weighted by Crippen LogP contribution is 2.21. The lowest BCUT2D eigenvalue weighted by molar-refractivity contribution is -0.129. The van der Waals surface area contributed by atoms with Crippen molar-refractivity contribution in [2.45, 2.75) is 23.4 Å². The summed E-state index contributed by atoms with van der Waals surface area (Å²) in [4.78, 5) is 22.3. The van der Waals surface area contributed by atoms with Gasteiger partial charge in [0.25, 0.3) is 0 Å². The summed E-state index contributed by atoms with van der Waals surface area (Å²) in [6, 6.07) is 14.9. The third kappa shape index (κ3) is 5.63. The van der Waals surface area contributed by atoms with Gasteiger partial charge in [0.2, 0.25) is 15.9 Å². The second-order valence-corrected chi connectivity index (χ2v) is 10.7. The van der Waals surface area contributed by atoms with Crippen molar-refractivity contribution >= 4 is 27.7 Å². The van der Waals surface area contributed by atoms with Crippen LogP contribution in [0, 0.1) is 12.7 Å². The van der Waals surface area contributed by atoms with Crippen molar-refractivity contribution < 1.29 is 17.6 Å². The predicted molar refractivity (Wildman–Crippen MR) is 125 cm³/mol. The molecular formula is C23H25FN4O3S2. The normalized spacial score (nSPS) is 15.0. The van der Waals surface area contributed by atoms with Crippen LogP contribution in [0.2, 0.25) is 0 Å². The fourth-order valence-electron chi connectivity index (χ4n) is 3.65. The number of aromatic nitrogens is 2. The SMILES string of the molecule is Cc1[nH]c(SCC(=O)N2CCN(S(=O)(=O)c3ccc(F)cc3)CC2)nc1Cc1ccccc1. The van der Waals surface area contributed by atoms with Crippen LogP contribution in [-0.4, -0.2) is 65.4 Å². The Morgan fingerprint density at radius 1 is 1.06 bits per heavy atom. The van der Waals surface area contributed by atoms with Crippen LogP contribution in [0.25, 0.3) is 0 Å². The zero-order valence-corrected chi connectivity index (χ0v) is 19.8. The molecule has 10 heteroatoms. The zero-order valence-electron chi connectivity index (χ0n) is 18.2. The molecule has 2 aromatic carbocycles. The molecule has 2 heterocycles. The number of nitrogens with zero attached hydrogens (tertiary/aromatic N) is 3. The van der Waals surface area contributed by atoms with Crippen molar-refractivity contribution in [2.75, 3.05) is 31.9 Å². The van der Waals surface area contributed by atoms with Gasteiger partial charge in [-0.2, -0.15) is 4.31 Å². The molecule has 1 fully saturated rings. The molecule has 1 amide bonds. The molecule has 0 radical (unpaired) electrons. The van der Waals surface area contributed by atoms with Gasteiger partial charge >= 0.3 is 0 Å². The maximum absolute atomic E-state index is 13.1. The second kappa shape index (κ2) is 10.1. The molecule has 1 N–H and O–H groups in total. The average Bonchev–Trinajstić information content (AvgIpc) is 3.17. The summed E-state index contributed by atoms with van der Waals surface area (Å²) in [7, 11) is -3.70. The molecule has 0 spiro atoms. The van der Waals surface area contributed by atoms with Crippen LogP contribution in [0.3, 0.4) is 0 Å². The predicted octanol–water partition coefficient (Wildman–Crippen LogP) is 3.07. The van der Waals surface area contributed by atoms with Crippen LogP contribution in [0.4, 0.5) is 4.39 Å². The van der Waals surface area contributed by atoms with Crippen LogP contribution in [-0.2, 0) is 21.2 Å². The van der Waals surface area contributed by atoms with E-state index in [0.717, 1.165) is 29.9 Å². The van der Waals surface area contributed by atoms with Crippen LogP contribution in [0.15, 0.2) is 64.6 Å². The van der Waals surface area contributed by atoms with E-state index < -0.39 is 15.8 Å². The highest BCUT2D eigenvalue weighted by atomic mass is 32.2. The van der Waals surface area contributed by atoms with E-state index in [1.807, 2.05) is 25.1 Å². The van der Waals surface area contributed by atoms with Gasteiger partial charge in [-0.1, -0.05) is 42.1 Å². The molecule has 0 aliphatic carbocycles. The van der Waals surface area contributed by atoms with Gasteiger partial charge in [-0.15, -0.1) is 0 Å². The molecule has 0 bridgehead atoms. The number of carbonyl (C=O) groups is 1. The number of halogens is 1. The number of amides is 1. The van der Waals surface area contributed by atoms with Crippen molar-refractivity contribution in [1.82, 2.24) is 19.2 Å². The van der Waals surface area contributed by atoms with E-state index in [-0.39, 0.29) is 29.6 Å². The van der Waals surface area contributed by atoms with E-state index >= 15 is 0 Å². The van der Waals surface area contributed by atoms with Crippen LogP contribution < -0.4 is 0 Å². The Balaban J connectivity index is 1.29. The molecule has 0 saturated carbocycles. The van der Waals surface area contributed by atoms with Crippen LogP contribution in [0.1, 0.15) is 17.0 Å². The van der Waals surface area contributed by atoms with Gasteiger partial charge in [0.15, 0.2) is 5.16 Å². The molecule has 0 atom stereocenters. The number of rotatable bonds is 7. The quantitative estimate of drug-likeness (QED) is 0.517. The van der Waals surface area contributed by atoms with E-state index in [1.165, 1.54) is 33.8 Å². The summed E-state index contributed by atoms with van der Waals surface area (Å²) in [5.74, 6) is -0.319. The Labute approximate surface area is 197 Å². The van der Waals surface area contributed by atoms with E-state index in [1.54, 1.807) is 4.90 Å². The number of nitrogens with one attached hydrogen (secondary N) is 1. The highest BCUT2D eigenvalue weighted by Gasteiger charge is 2.30. The molecule has 1 aliphatic heterocycles. The number of sulfonamides is 1. The number of hydrogen-bond donors (Lipinski definition) is 1. The molecule has 174 valence electrons. The Morgan fingerprint density at radius 3 is 2.39 bits per heavy atom. The first kappa shape index (κ1) is 23.5. The van der Waals surface area contributed by atoms with Crippen LogP contribution >= 0.6 is 11.8 Å². The minimum atomic E-state index is -3.70. The highest BCUT2D eigenvalue weighted by molar-refractivity contribution is 7.99. The van der Waals surface area contributed by atoms with E-state index in [2.05, 4.69) is 22.1 Å². The van der Waals surface area contributed by atoms with Crippen molar-refractivity contribution in [1.29, 1.82) is 0 Å². The number of benzene rings is 2. The molecule has 4 rings (SSSR count). The second-order valence-electron chi connectivity index (χ2n) is 7.80.